The van der Waals surface area contributed by atoms with Crippen LogP contribution < -0.4 is 14.5 Å². The Hall–Kier alpha value is -2.99. The summed E-state index contributed by atoms with van der Waals surface area (Å²) in [6.07, 6.45) is 0. The van der Waals surface area contributed by atoms with Crippen LogP contribution in [0.4, 0.5) is 11.8 Å². The van der Waals surface area contributed by atoms with Gasteiger partial charge < -0.3 is 19.0 Å². The molecule has 0 radical (unpaired) electrons. The predicted octanol–water partition coefficient (Wildman–Crippen LogP) is 4.67. The molecular formula is C22H21ClN4O2. The summed E-state index contributed by atoms with van der Waals surface area (Å²) in [5.41, 5.74) is 3.64. The van der Waals surface area contributed by atoms with Crippen molar-refractivity contribution < 1.29 is 9.15 Å². The third-order valence-corrected chi connectivity index (χ3v) is 5.66. The number of aryl methyl sites for hydroxylation is 1. The van der Waals surface area contributed by atoms with Crippen molar-refractivity contribution in [2.45, 2.75) is 6.92 Å². The quantitative estimate of drug-likeness (QED) is 0.491. The number of pyridine rings is 1. The third kappa shape index (κ3) is 3.23. The molecule has 7 heteroatoms. The molecule has 0 unspecified atom stereocenters. The Morgan fingerprint density at radius 3 is 2.59 bits per heavy atom. The van der Waals surface area contributed by atoms with Gasteiger partial charge in [0.15, 0.2) is 5.58 Å². The van der Waals surface area contributed by atoms with Gasteiger partial charge in [-0.2, -0.15) is 4.98 Å². The summed E-state index contributed by atoms with van der Waals surface area (Å²) in [6, 6.07) is 14.3. The van der Waals surface area contributed by atoms with Crippen molar-refractivity contribution in [2.75, 3.05) is 43.1 Å². The Morgan fingerprint density at radius 2 is 1.79 bits per heavy atom. The summed E-state index contributed by atoms with van der Waals surface area (Å²) in [5, 5.41) is 1.78. The van der Waals surface area contributed by atoms with E-state index in [0.717, 1.165) is 59.7 Å². The van der Waals surface area contributed by atoms with E-state index in [1.165, 1.54) is 5.56 Å². The molecule has 148 valence electrons. The lowest BCUT2D eigenvalue weighted by molar-refractivity contribution is 0.419. The van der Waals surface area contributed by atoms with Crippen molar-refractivity contribution in [1.29, 1.82) is 0 Å². The summed E-state index contributed by atoms with van der Waals surface area (Å²) in [4.78, 5) is 14.0. The van der Waals surface area contributed by atoms with Gasteiger partial charge in [-0.25, -0.2) is 4.98 Å². The first-order valence-electron chi connectivity index (χ1n) is 9.63. The Balaban J connectivity index is 1.38. The van der Waals surface area contributed by atoms with E-state index in [9.17, 15) is 0 Å². The van der Waals surface area contributed by atoms with Crippen LogP contribution in [0, 0.1) is 6.92 Å². The van der Waals surface area contributed by atoms with Gasteiger partial charge in [0.2, 0.25) is 0 Å². The van der Waals surface area contributed by atoms with Crippen LogP contribution in [0.15, 0.2) is 46.9 Å². The van der Waals surface area contributed by atoms with E-state index < -0.39 is 0 Å². The minimum atomic E-state index is 0.645. The number of anilines is 2. The van der Waals surface area contributed by atoms with Crippen LogP contribution in [0.25, 0.3) is 22.0 Å². The minimum Gasteiger partial charge on any atom is -0.494 e. The van der Waals surface area contributed by atoms with Crippen molar-refractivity contribution in [3.05, 3.63) is 53.1 Å². The molecule has 0 N–H and O–H groups in total. The first-order chi connectivity index (χ1) is 14.1. The van der Waals surface area contributed by atoms with Crippen LogP contribution in [0.1, 0.15) is 5.56 Å². The van der Waals surface area contributed by atoms with Gasteiger partial charge in [-0.1, -0.05) is 23.7 Å². The zero-order chi connectivity index (χ0) is 20.0. The summed E-state index contributed by atoms with van der Waals surface area (Å²) in [7, 11) is 1.69. The van der Waals surface area contributed by atoms with E-state index in [1.54, 1.807) is 7.11 Å². The fraction of sp³-hybridized carbons (Fsp3) is 0.273. The lowest BCUT2D eigenvalue weighted by Gasteiger charge is -2.34. The molecule has 29 heavy (non-hydrogen) atoms. The second-order valence-corrected chi connectivity index (χ2v) is 7.67. The molecule has 1 fully saturated rings. The molecule has 0 aliphatic carbocycles. The monoisotopic (exact) mass is 408 g/mol. The smallest absolute Gasteiger partial charge is 0.298 e. The highest BCUT2D eigenvalue weighted by molar-refractivity contribution is 6.31. The van der Waals surface area contributed by atoms with Crippen LogP contribution in [-0.4, -0.2) is 43.3 Å². The molecule has 2 aromatic carbocycles. The maximum Gasteiger partial charge on any atom is 0.298 e. The maximum absolute atomic E-state index is 6.06. The highest BCUT2D eigenvalue weighted by Gasteiger charge is 2.23. The van der Waals surface area contributed by atoms with E-state index in [4.69, 9.17) is 25.7 Å². The molecule has 6 nitrogen and oxygen atoms in total. The number of oxazole rings is 1. The molecule has 4 aromatic rings. The number of ether oxygens (including phenoxy) is 1. The number of benzene rings is 2. The Morgan fingerprint density at radius 1 is 1.00 bits per heavy atom. The number of para-hydroxylation sites is 1. The molecule has 2 aromatic heterocycles. The van der Waals surface area contributed by atoms with Gasteiger partial charge in [0.05, 0.1) is 7.11 Å². The second-order valence-electron chi connectivity index (χ2n) is 7.24. The summed E-state index contributed by atoms with van der Waals surface area (Å²) >= 11 is 6.06. The fourth-order valence-electron chi connectivity index (χ4n) is 3.85. The molecular weight excluding hydrogens is 388 g/mol. The van der Waals surface area contributed by atoms with Crippen LogP contribution >= 0.6 is 11.6 Å². The van der Waals surface area contributed by atoms with Crippen molar-refractivity contribution >= 4 is 45.4 Å². The summed E-state index contributed by atoms with van der Waals surface area (Å²) in [6.45, 7) is 5.42. The van der Waals surface area contributed by atoms with Gasteiger partial charge in [0.1, 0.15) is 22.6 Å². The van der Waals surface area contributed by atoms with E-state index in [0.29, 0.717) is 11.0 Å². The fourth-order valence-corrected chi connectivity index (χ4v) is 4.02. The van der Waals surface area contributed by atoms with Crippen molar-refractivity contribution in [3.8, 4) is 5.75 Å². The van der Waals surface area contributed by atoms with Gasteiger partial charge in [-0.05, 0) is 42.8 Å². The van der Waals surface area contributed by atoms with E-state index in [1.807, 2.05) is 30.3 Å². The second kappa shape index (κ2) is 7.12. The number of hydrogen-bond acceptors (Lipinski definition) is 6. The van der Waals surface area contributed by atoms with Crippen LogP contribution in [0.3, 0.4) is 0 Å². The Bertz CT molecular complexity index is 1200. The Kier molecular flexibility index (Phi) is 4.43. The number of hydrogen-bond donors (Lipinski definition) is 0. The normalized spacial score (nSPS) is 14.7. The van der Waals surface area contributed by atoms with Gasteiger partial charge in [0, 0.05) is 36.6 Å². The van der Waals surface area contributed by atoms with E-state index in [-0.39, 0.29) is 0 Å². The maximum atomic E-state index is 6.06. The lowest BCUT2D eigenvalue weighted by atomic mass is 10.1. The molecule has 0 bridgehead atoms. The number of nitrogens with zero attached hydrogens (tertiary/aromatic N) is 4. The average molecular weight is 409 g/mol. The van der Waals surface area contributed by atoms with E-state index >= 15 is 0 Å². The molecule has 0 amide bonds. The molecule has 0 spiro atoms. The highest BCUT2D eigenvalue weighted by Crippen LogP contribution is 2.30. The standard InChI is InChI=1S/C22H21ClN4O2/c1-14-12-20(25-21-16(14)4-3-5-19(21)28-2)26-8-10-27(11-9-26)22-24-17-13-15(23)6-7-18(17)29-22/h3-7,12-13H,8-11H2,1-2H3. The molecule has 0 atom stereocenters. The van der Waals surface area contributed by atoms with Crippen molar-refractivity contribution in [1.82, 2.24) is 9.97 Å². The van der Waals surface area contributed by atoms with Crippen molar-refractivity contribution in [2.24, 2.45) is 0 Å². The first kappa shape index (κ1) is 18.1. The van der Waals surface area contributed by atoms with Gasteiger partial charge >= 0.3 is 0 Å². The topological polar surface area (TPSA) is 54.6 Å². The molecule has 5 rings (SSSR count). The largest absolute Gasteiger partial charge is 0.494 e. The van der Waals surface area contributed by atoms with Crippen LogP contribution in [0.5, 0.6) is 5.75 Å². The van der Waals surface area contributed by atoms with E-state index in [2.05, 4.69) is 33.8 Å². The molecule has 0 saturated carbocycles. The first-order valence-corrected chi connectivity index (χ1v) is 10.0. The summed E-state index contributed by atoms with van der Waals surface area (Å²) < 4.78 is 11.4. The number of rotatable bonds is 3. The highest BCUT2D eigenvalue weighted by atomic mass is 35.5. The molecule has 1 aliphatic rings. The van der Waals surface area contributed by atoms with Gasteiger partial charge in [0.25, 0.3) is 6.01 Å². The zero-order valence-corrected chi connectivity index (χ0v) is 17.1. The SMILES string of the molecule is COc1cccc2c(C)cc(N3CCN(c4nc5cc(Cl)ccc5o4)CC3)nc12. The van der Waals surface area contributed by atoms with Crippen molar-refractivity contribution in [3.63, 3.8) is 0 Å². The Labute approximate surface area is 173 Å². The molecule has 1 saturated heterocycles. The number of piperazine rings is 1. The average Bonchev–Trinajstić information content (AvgIpc) is 3.16. The van der Waals surface area contributed by atoms with Crippen LogP contribution in [0.2, 0.25) is 5.02 Å². The molecule has 3 heterocycles. The number of halogens is 1. The number of aromatic nitrogens is 2. The van der Waals surface area contributed by atoms with Crippen LogP contribution in [-0.2, 0) is 0 Å². The minimum absolute atomic E-state index is 0.645. The van der Waals surface area contributed by atoms with Gasteiger partial charge in [-0.3, -0.25) is 0 Å². The summed E-state index contributed by atoms with van der Waals surface area (Å²) in [5.74, 6) is 1.78. The number of fused-ring (bicyclic) bond motifs is 2. The number of methoxy groups -OCH3 is 1. The predicted molar refractivity (Wildman–Crippen MR) is 116 cm³/mol. The lowest BCUT2D eigenvalue weighted by Crippen LogP contribution is -2.47. The third-order valence-electron chi connectivity index (χ3n) is 5.43. The van der Waals surface area contributed by atoms with Gasteiger partial charge in [-0.15, -0.1) is 0 Å². The molecule has 1 aliphatic heterocycles. The zero-order valence-electron chi connectivity index (χ0n) is 16.4.